The molecular weight excluding hydrogens is 316 g/mol. The minimum atomic E-state index is -4.08. The first kappa shape index (κ1) is 15.9. The number of rotatable bonds is 4. The molecule has 1 fully saturated rings. The number of pyridine rings is 1. The number of benzene rings is 1. The number of fused-ring (bicyclic) bond motifs is 1. The van der Waals surface area contributed by atoms with Crippen molar-refractivity contribution in [2.24, 2.45) is 5.73 Å². The van der Waals surface area contributed by atoms with E-state index in [2.05, 4.69) is 4.98 Å². The van der Waals surface area contributed by atoms with E-state index >= 15 is 0 Å². The van der Waals surface area contributed by atoms with Crippen molar-refractivity contribution in [2.75, 3.05) is 6.61 Å². The molecular formula is C16H18N2O4S. The van der Waals surface area contributed by atoms with Crippen molar-refractivity contribution in [1.29, 1.82) is 0 Å². The highest BCUT2D eigenvalue weighted by Crippen LogP contribution is 2.38. The SMILES string of the molecule is CCc1ccc2c(S(=O)(=O)C3(C(N)=O)CCCO3)cccc2n1. The van der Waals surface area contributed by atoms with E-state index in [0.29, 0.717) is 17.3 Å². The Morgan fingerprint density at radius 2 is 2.13 bits per heavy atom. The molecule has 0 radical (unpaired) electrons. The predicted octanol–water partition coefficient (Wildman–Crippen LogP) is 1.56. The van der Waals surface area contributed by atoms with Gasteiger partial charge in [0.25, 0.3) is 10.8 Å². The molecule has 122 valence electrons. The second-order valence-electron chi connectivity index (χ2n) is 5.55. The second kappa shape index (κ2) is 5.58. The van der Waals surface area contributed by atoms with E-state index in [1.807, 2.05) is 6.92 Å². The van der Waals surface area contributed by atoms with Crippen LogP contribution in [0.3, 0.4) is 0 Å². The summed E-state index contributed by atoms with van der Waals surface area (Å²) in [5.41, 5.74) is 6.83. The molecule has 7 heteroatoms. The monoisotopic (exact) mass is 334 g/mol. The van der Waals surface area contributed by atoms with E-state index in [4.69, 9.17) is 10.5 Å². The topological polar surface area (TPSA) is 99.3 Å². The number of aromatic nitrogens is 1. The first-order chi connectivity index (χ1) is 10.9. The van der Waals surface area contributed by atoms with Crippen LogP contribution in [0, 0.1) is 0 Å². The Bertz CT molecular complexity index is 871. The lowest BCUT2D eigenvalue weighted by Gasteiger charge is -2.25. The number of hydrogen-bond donors (Lipinski definition) is 1. The average Bonchev–Trinajstić information content (AvgIpc) is 3.05. The van der Waals surface area contributed by atoms with E-state index in [0.717, 1.165) is 12.1 Å². The number of carbonyl (C=O) groups excluding carboxylic acids is 1. The van der Waals surface area contributed by atoms with Gasteiger partial charge < -0.3 is 10.5 Å². The Hall–Kier alpha value is -1.99. The van der Waals surface area contributed by atoms with Crippen LogP contribution in [0.5, 0.6) is 0 Å². The molecule has 1 aromatic heterocycles. The van der Waals surface area contributed by atoms with Gasteiger partial charge in [-0.05, 0) is 37.1 Å². The molecule has 1 saturated heterocycles. The summed E-state index contributed by atoms with van der Waals surface area (Å²) in [6, 6.07) is 8.34. The van der Waals surface area contributed by atoms with E-state index in [1.165, 1.54) is 6.07 Å². The molecule has 2 heterocycles. The fraction of sp³-hybridized carbons (Fsp3) is 0.375. The fourth-order valence-corrected chi connectivity index (χ4v) is 4.92. The van der Waals surface area contributed by atoms with Gasteiger partial charge in [-0.3, -0.25) is 9.78 Å². The summed E-state index contributed by atoms with van der Waals surface area (Å²) in [5, 5.41) is 0.473. The Labute approximate surface area is 134 Å². The molecule has 3 rings (SSSR count). The summed E-state index contributed by atoms with van der Waals surface area (Å²) in [6.45, 7) is 2.17. The number of sulfone groups is 1. The van der Waals surface area contributed by atoms with Gasteiger partial charge in [0.15, 0.2) is 0 Å². The molecule has 0 spiro atoms. The van der Waals surface area contributed by atoms with E-state index < -0.39 is 20.7 Å². The maximum atomic E-state index is 13.1. The van der Waals surface area contributed by atoms with Crippen molar-refractivity contribution in [3.8, 4) is 0 Å². The Morgan fingerprint density at radius 1 is 1.35 bits per heavy atom. The zero-order valence-corrected chi connectivity index (χ0v) is 13.6. The Kier molecular flexibility index (Phi) is 3.85. The maximum Gasteiger partial charge on any atom is 0.265 e. The number of ether oxygens (including phenoxy) is 1. The Morgan fingerprint density at radius 3 is 2.74 bits per heavy atom. The van der Waals surface area contributed by atoms with Gasteiger partial charge in [0.1, 0.15) is 0 Å². The first-order valence-corrected chi connectivity index (χ1v) is 8.98. The third-order valence-electron chi connectivity index (χ3n) is 4.20. The second-order valence-corrected chi connectivity index (χ2v) is 7.66. The molecule has 1 aliphatic heterocycles. The molecule has 0 saturated carbocycles. The summed E-state index contributed by atoms with van der Waals surface area (Å²) in [6.07, 6.45) is 1.30. The van der Waals surface area contributed by atoms with Crippen molar-refractivity contribution in [1.82, 2.24) is 4.98 Å². The lowest BCUT2D eigenvalue weighted by atomic mass is 10.2. The highest BCUT2D eigenvalue weighted by Gasteiger charge is 2.54. The average molecular weight is 334 g/mol. The number of nitrogens with two attached hydrogens (primary N) is 1. The molecule has 2 N–H and O–H groups in total. The molecule has 1 aliphatic rings. The first-order valence-electron chi connectivity index (χ1n) is 7.49. The summed E-state index contributed by atoms with van der Waals surface area (Å²) in [4.78, 5) is 14.4. The Balaban J connectivity index is 2.25. The standard InChI is InChI=1S/C16H18N2O4S/c1-2-11-7-8-12-13(18-11)5-3-6-14(12)23(20,21)16(15(17)19)9-4-10-22-16/h3,5-8H,2,4,9-10H2,1H3,(H2,17,19). The molecule has 2 aromatic rings. The van der Waals surface area contributed by atoms with Crippen LogP contribution in [0.25, 0.3) is 10.9 Å². The van der Waals surface area contributed by atoms with Crippen LogP contribution in [0.15, 0.2) is 35.2 Å². The third-order valence-corrected chi connectivity index (χ3v) is 6.52. The van der Waals surface area contributed by atoms with Gasteiger partial charge in [-0.25, -0.2) is 8.42 Å². The fourth-order valence-electron chi connectivity index (χ4n) is 2.93. The van der Waals surface area contributed by atoms with Crippen LogP contribution in [0.2, 0.25) is 0 Å². The molecule has 0 aliphatic carbocycles. The van der Waals surface area contributed by atoms with Crippen molar-refractivity contribution >= 4 is 26.6 Å². The summed E-state index contributed by atoms with van der Waals surface area (Å²) >= 11 is 0. The van der Waals surface area contributed by atoms with Gasteiger partial charge in [0, 0.05) is 24.1 Å². The molecule has 0 bridgehead atoms. The van der Waals surface area contributed by atoms with Crippen molar-refractivity contribution in [3.63, 3.8) is 0 Å². The van der Waals surface area contributed by atoms with Crippen LogP contribution in [-0.2, 0) is 25.8 Å². The largest absolute Gasteiger partial charge is 0.366 e. The van der Waals surface area contributed by atoms with Gasteiger partial charge in [0.05, 0.1) is 10.4 Å². The molecule has 6 nitrogen and oxygen atoms in total. The molecule has 1 amide bonds. The predicted molar refractivity (Wildman–Crippen MR) is 85.4 cm³/mol. The zero-order chi connectivity index (χ0) is 16.7. The third kappa shape index (κ3) is 2.31. The molecule has 1 aromatic carbocycles. The highest BCUT2D eigenvalue weighted by atomic mass is 32.2. The van der Waals surface area contributed by atoms with Crippen molar-refractivity contribution < 1.29 is 17.9 Å². The van der Waals surface area contributed by atoms with Crippen LogP contribution in [-0.4, -0.2) is 30.8 Å². The van der Waals surface area contributed by atoms with Crippen LogP contribution < -0.4 is 5.73 Å². The van der Waals surface area contributed by atoms with Crippen LogP contribution in [0.4, 0.5) is 0 Å². The molecule has 1 unspecified atom stereocenters. The minimum absolute atomic E-state index is 0.0332. The summed E-state index contributed by atoms with van der Waals surface area (Å²) < 4.78 is 31.6. The van der Waals surface area contributed by atoms with Gasteiger partial charge in [-0.15, -0.1) is 0 Å². The number of primary amides is 1. The van der Waals surface area contributed by atoms with Gasteiger partial charge >= 0.3 is 0 Å². The molecule has 23 heavy (non-hydrogen) atoms. The van der Waals surface area contributed by atoms with Gasteiger partial charge in [-0.2, -0.15) is 0 Å². The normalized spacial score (nSPS) is 21.6. The van der Waals surface area contributed by atoms with E-state index in [-0.39, 0.29) is 17.9 Å². The smallest absolute Gasteiger partial charge is 0.265 e. The van der Waals surface area contributed by atoms with Gasteiger partial charge in [-0.1, -0.05) is 13.0 Å². The van der Waals surface area contributed by atoms with E-state index in [9.17, 15) is 13.2 Å². The number of carbonyl (C=O) groups is 1. The van der Waals surface area contributed by atoms with E-state index in [1.54, 1.807) is 24.3 Å². The number of aryl methyl sites for hydroxylation is 1. The quantitative estimate of drug-likeness (QED) is 0.915. The summed E-state index contributed by atoms with van der Waals surface area (Å²) in [7, 11) is -4.08. The van der Waals surface area contributed by atoms with Crippen molar-refractivity contribution in [3.05, 3.63) is 36.0 Å². The highest BCUT2D eigenvalue weighted by molar-refractivity contribution is 7.93. The lowest BCUT2D eigenvalue weighted by Crippen LogP contribution is -2.50. The summed E-state index contributed by atoms with van der Waals surface area (Å²) in [5.74, 6) is -0.967. The lowest BCUT2D eigenvalue weighted by molar-refractivity contribution is -0.129. The van der Waals surface area contributed by atoms with Crippen LogP contribution >= 0.6 is 0 Å². The maximum absolute atomic E-state index is 13.1. The number of amides is 1. The van der Waals surface area contributed by atoms with Crippen LogP contribution in [0.1, 0.15) is 25.5 Å². The van der Waals surface area contributed by atoms with Gasteiger partial charge in [0.2, 0.25) is 9.84 Å². The zero-order valence-electron chi connectivity index (χ0n) is 12.8. The molecule has 1 atom stereocenters. The minimum Gasteiger partial charge on any atom is -0.366 e. The van der Waals surface area contributed by atoms with Crippen molar-refractivity contribution in [2.45, 2.75) is 36.0 Å². The number of hydrogen-bond acceptors (Lipinski definition) is 5. The number of nitrogens with zero attached hydrogens (tertiary/aromatic N) is 1.